The second-order valence-corrected chi connectivity index (χ2v) is 8.59. The summed E-state index contributed by atoms with van der Waals surface area (Å²) in [6.07, 6.45) is 3.12. The Bertz CT molecular complexity index is 860. The number of anilines is 1. The van der Waals surface area contributed by atoms with Gasteiger partial charge in [0.15, 0.2) is 0 Å². The van der Waals surface area contributed by atoms with Crippen molar-refractivity contribution in [2.45, 2.75) is 24.2 Å². The van der Waals surface area contributed by atoms with Gasteiger partial charge in [0.2, 0.25) is 0 Å². The molecule has 0 radical (unpaired) electrons. The first kappa shape index (κ1) is 17.9. The van der Waals surface area contributed by atoms with Crippen molar-refractivity contribution in [1.29, 1.82) is 0 Å². The summed E-state index contributed by atoms with van der Waals surface area (Å²) >= 11 is 3.31. The van der Waals surface area contributed by atoms with Crippen molar-refractivity contribution >= 4 is 37.5 Å². The number of hydrogen-bond donors (Lipinski definition) is 1. The minimum absolute atomic E-state index is 0.0817. The Morgan fingerprint density at radius 2 is 1.68 bits per heavy atom. The molecule has 0 bridgehead atoms. The largest absolute Gasteiger partial charge is 0.339 e. The van der Waals surface area contributed by atoms with Crippen molar-refractivity contribution in [3.8, 4) is 0 Å². The molecule has 3 rings (SSSR count). The van der Waals surface area contributed by atoms with Crippen LogP contribution >= 0.6 is 15.9 Å². The highest BCUT2D eigenvalue weighted by molar-refractivity contribution is 9.10. The molecule has 1 heterocycles. The molecule has 1 aliphatic heterocycles. The van der Waals surface area contributed by atoms with E-state index in [-0.39, 0.29) is 10.8 Å². The van der Waals surface area contributed by atoms with Gasteiger partial charge in [-0.05, 0) is 61.7 Å². The summed E-state index contributed by atoms with van der Waals surface area (Å²) in [7, 11) is -3.75. The van der Waals surface area contributed by atoms with Gasteiger partial charge in [0.1, 0.15) is 0 Å². The van der Waals surface area contributed by atoms with Crippen LogP contribution in [-0.4, -0.2) is 32.3 Å². The highest BCUT2D eigenvalue weighted by Crippen LogP contribution is 2.20. The summed E-state index contributed by atoms with van der Waals surface area (Å²) in [4.78, 5) is 14.5. The summed E-state index contributed by atoms with van der Waals surface area (Å²) in [5.41, 5.74) is 0.872. The van der Waals surface area contributed by atoms with Crippen LogP contribution in [0.15, 0.2) is 57.9 Å². The fourth-order valence-corrected chi connectivity index (χ4v) is 4.18. The quantitative estimate of drug-likeness (QED) is 0.812. The zero-order valence-electron chi connectivity index (χ0n) is 13.6. The number of carbonyl (C=O) groups excluding carboxylic acids is 1. The molecule has 2 aromatic carbocycles. The van der Waals surface area contributed by atoms with Crippen LogP contribution in [0.1, 0.15) is 29.6 Å². The number of piperidine rings is 1. The van der Waals surface area contributed by atoms with Crippen molar-refractivity contribution in [3.63, 3.8) is 0 Å². The van der Waals surface area contributed by atoms with Crippen molar-refractivity contribution in [2.75, 3.05) is 17.8 Å². The SMILES string of the molecule is O=C(c1cccc(S(=O)(=O)Nc2ccc(Br)cc2)c1)N1CCCCC1. The second-order valence-electron chi connectivity index (χ2n) is 5.99. The molecule has 25 heavy (non-hydrogen) atoms. The smallest absolute Gasteiger partial charge is 0.261 e. The Labute approximate surface area is 156 Å². The number of carbonyl (C=O) groups is 1. The summed E-state index contributed by atoms with van der Waals surface area (Å²) in [5, 5.41) is 0. The number of sulfonamides is 1. The van der Waals surface area contributed by atoms with Gasteiger partial charge < -0.3 is 4.90 Å². The van der Waals surface area contributed by atoms with Gasteiger partial charge in [-0.3, -0.25) is 9.52 Å². The third kappa shape index (κ3) is 4.41. The van der Waals surface area contributed by atoms with E-state index in [9.17, 15) is 13.2 Å². The van der Waals surface area contributed by atoms with E-state index in [1.807, 2.05) is 0 Å². The zero-order valence-corrected chi connectivity index (χ0v) is 16.0. The molecule has 0 spiro atoms. The van der Waals surface area contributed by atoms with Gasteiger partial charge in [0, 0.05) is 28.8 Å². The number of nitrogens with zero attached hydrogens (tertiary/aromatic N) is 1. The maximum absolute atomic E-state index is 12.6. The maximum Gasteiger partial charge on any atom is 0.261 e. The second kappa shape index (κ2) is 7.58. The average molecular weight is 423 g/mol. The van der Waals surface area contributed by atoms with Gasteiger partial charge in [-0.15, -0.1) is 0 Å². The van der Waals surface area contributed by atoms with E-state index in [1.165, 1.54) is 12.1 Å². The van der Waals surface area contributed by atoms with Crippen LogP contribution < -0.4 is 4.72 Å². The lowest BCUT2D eigenvalue weighted by Gasteiger charge is -2.26. The molecule has 132 valence electrons. The lowest BCUT2D eigenvalue weighted by molar-refractivity contribution is 0.0724. The number of rotatable bonds is 4. The predicted molar refractivity (Wildman–Crippen MR) is 101 cm³/mol. The average Bonchev–Trinajstić information content (AvgIpc) is 2.64. The third-order valence-corrected chi connectivity index (χ3v) is 6.04. The van der Waals surface area contributed by atoms with E-state index in [2.05, 4.69) is 20.7 Å². The number of hydrogen-bond acceptors (Lipinski definition) is 3. The Kier molecular flexibility index (Phi) is 5.44. The highest BCUT2D eigenvalue weighted by atomic mass is 79.9. The van der Waals surface area contributed by atoms with E-state index in [4.69, 9.17) is 0 Å². The van der Waals surface area contributed by atoms with Crippen molar-refractivity contribution in [3.05, 3.63) is 58.6 Å². The number of amides is 1. The number of likely N-dealkylation sites (tertiary alicyclic amines) is 1. The molecule has 0 unspecified atom stereocenters. The minimum Gasteiger partial charge on any atom is -0.339 e. The van der Waals surface area contributed by atoms with E-state index in [1.54, 1.807) is 41.3 Å². The van der Waals surface area contributed by atoms with Gasteiger partial charge >= 0.3 is 0 Å². The van der Waals surface area contributed by atoms with Gasteiger partial charge in [-0.2, -0.15) is 0 Å². The van der Waals surface area contributed by atoms with Crippen molar-refractivity contribution < 1.29 is 13.2 Å². The van der Waals surface area contributed by atoms with E-state index in [0.29, 0.717) is 11.3 Å². The molecule has 0 saturated carbocycles. The molecule has 1 fully saturated rings. The Hall–Kier alpha value is -1.86. The first-order chi connectivity index (χ1) is 12.0. The van der Waals surface area contributed by atoms with Crippen LogP contribution in [0.2, 0.25) is 0 Å². The maximum atomic E-state index is 12.6. The van der Waals surface area contributed by atoms with Crippen LogP contribution in [0.3, 0.4) is 0 Å². The standard InChI is InChI=1S/C18H19BrN2O3S/c19-15-7-9-16(10-8-15)20-25(23,24)17-6-4-5-14(13-17)18(22)21-11-2-1-3-12-21/h4-10,13,20H,1-3,11-12H2. The van der Waals surface area contributed by atoms with Gasteiger partial charge in [0.05, 0.1) is 4.90 Å². The topological polar surface area (TPSA) is 66.5 Å². The third-order valence-electron chi connectivity index (χ3n) is 4.13. The fraction of sp³-hybridized carbons (Fsp3) is 0.278. The molecule has 0 aromatic heterocycles. The van der Waals surface area contributed by atoms with Crippen LogP contribution in [-0.2, 0) is 10.0 Å². The van der Waals surface area contributed by atoms with E-state index in [0.717, 1.165) is 36.8 Å². The first-order valence-corrected chi connectivity index (χ1v) is 10.4. The zero-order chi connectivity index (χ0) is 17.9. The molecule has 0 atom stereocenters. The summed E-state index contributed by atoms with van der Waals surface area (Å²) in [6.45, 7) is 1.46. The van der Waals surface area contributed by atoms with E-state index < -0.39 is 10.0 Å². The first-order valence-electron chi connectivity index (χ1n) is 8.13. The minimum atomic E-state index is -3.75. The Morgan fingerprint density at radius 3 is 2.36 bits per heavy atom. The molecular weight excluding hydrogens is 404 g/mol. The van der Waals surface area contributed by atoms with Gasteiger partial charge in [-0.1, -0.05) is 22.0 Å². The van der Waals surface area contributed by atoms with E-state index >= 15 is 0 Å². The molecule has 1 aliphatic rings. The molecule has 7 heteroatoms. The van der Waals surface area contributed by atoms with Crippen molar-refractivity contribution in [1.82, 2.24) is 4.90 Å². The van der Waals surface area contributed by atoms with Crippen LogP contribution in [0, 0.1) is 0 Å². The number of halogens is 1. The molecule has 0 aliphatic carbocycles. The molecule has 2 aromatic rings. The summed E-state index contributed by atoms with van der Waals surface area (Å²) in [6, 6.07) is 13.1. The number of benzene rings is 2. The molecule has 1 saturated heterocycles. The molecule has 1 amide bonds. The fourth-order valence-electron chi connectivity index (χ4n) is 2.81. The van der Waals surface area contributed by atoms with Crippen molar-refractivity contribution in [2.24, 2.45) is 0 Å². The summed E-state index contributed by atoms with van der Waals surface area (Å²) in [5.74, 6) is -0.111. The van der Waals surface area contributed by atoms with Gasteiger partial charge in [0.25, 0.3) is 15.9 Å². The predicted octanol–water partition coefficient (Wildman–Crippen LogP) is 3.88. The number of nitrogens with one attached hydrogen (secondary N) is 1. The molecule has 5 nitrogen and oxygen atoms in total. The Balaban J connectivity index is 1.82. The molecule has 1 N–H and O–H groups in total. The highest BCUT2D eigenvalue weighted by Gasteiger charge is 2.21. The molecular formula is C18H19BrN2O3S. The normalized spacial score (nSPS) is 15.0. The lowest BCUT2D eigenvalue weighted by Crippen LogP contribution is -2.35. The van der Waals surface area contributed by atoms with Crippen LogP contribution in [0.4, 0.5) is 5.69 Å². The van der Waals surface area contributed by atoms with Gasteiger partial charge in [-0.25, -0.2) is 8.42 Å². The van der Waals surface area contributed by atoms with Crippen LogP contribution in [0.25, 0.3) is 0 Å². The summed E-state index contributed by atoms with van der Waals surface area (Å²) < 4.78 is 28.6. The lowest BCUT2D eigenvalue weighted by atomic mass is 10.1. The monoisotopic (exact) mass is 422 g/mol. The Morgan fingerprint density at radius 1 is 1.00 bits per heavy atom. The van der Waals surface area contributed by atoms with Crippen LogP contribution in [0.5, 0.6) is 0 Å².